The molecule has 10 nitrogen and oxygen atoms in total. The summed E-state index contributed by atoms with van der Waals surface area (Å²) in [6.45, 7) is 4.78. The Morgan fingerprint density at radius 2 is 1.73 bits per heavy atom. The first kappa shape index (κ1) is 26.3. The van der Waals surface area contributed by atoms with Crippen molar-refractivity contribution in [2.45, 2.75) is 19.9 Å². The van der Waals surface area contributed by atoms with Gasteiger partial charge < -0.3 is 24.2 Å². The van der Waals surface area contributed by atoms with Crippen LogP contribution in [0, 0.1) is 6.92 Å². The Bertz CT molecular complexity index is 1230. The Morgan fingerprint density at radius 3 is 2.46 bits per heavy atom. The number of hydrogen-bond donors (Lipinski definition) is 0. The number of aromatic nitrogens is 3. The number of ether oxygens (including phenoxy) is 2. The molecule has 3 aromatic rings. The summed E-state index contributed by atoms with van der Waals surface area (Å²) in [5, 5.41) is 8.53. The Morgan fingerprint density at radius 1 is 0.973 bits per heavy atom. The van der Waals surface area contributed by atoms with Crippen molar-refractivity contribution in [1.82, 2.24) is 24.8 Å². The maximum atomic E-state index is 13.8. The van der Waals surface area contributed by atoms with Crippen LogP contribution < -0.4 is 9.64 Å². The number of amides is 2. The van der Waals surface area contributed by atoms with Gasteiger partial charge in [-0.1, -0.05) is 23.4 Å². The van der Waals surface area contributed by atoms with Crippen molar-refractivity contribution in [3.05, 3.63) is 65.5 Å². The molecule has 4 rings (SSSR count). The summed E-state index contributed by atoms with van der Waals surface area (Å²) in [6.07, 6.45) is 0.809. The number of rotatable bonds is 5. The highest BCUT2D eigenvalue weighted by molar-refractivity contribution is 5.96. The molecule has 0 radical (unpaired) electrons. The third-order valence-corrected chi connectivity index (χ3v) is 6.59. The van der Waals surface area contributed by atoms with Crippen molar-refractivity contribution in [2.75, 3.05) is 59.0 Å². The molecule has 1 aliphatic heterocycles. The molecule has 2 aromatic carbocycles. The molecule has 0 saturated heterocycles. The molecule has 10 heteroatoms. The largest absolute Gasteiger partial charge is 0.497 e. The number of likely N-dealkylation sites (N-methyl/N-ethyl adjacent to an activating group) is 1. The van der Waals surface area contributed by atoms with E-state index in [0.717, 1.165) is 35.7 Å². The zero-order valence-corrected chi connectivity index (χ0v) is 21.9. The predicted octanol–water partition coefficient (Wildman–Crippen LogP) is 2.54. The van der Waals surface area contributed by atoms with Crippen LogP contribution in [0.3, 0.4) is 0 Å². The third kappa shape index (κ3) is 5.98. The van der Waals surface area contributed by atoms with Crippen molar-refractivity contribution in [3.8, 4) is 11.4 Å². The number of carbonyl (C=O) groups is 2. The second-order valence-corrected chi connectivity index (χ2v) is 9.12. The summed E-state index contributed by atoms with van der Waals surface area (Å²) in [4.78, 5) is 32.5. The number of methoxy groups -OCH3 is 2. The molecule has 0 bridgehead atoms. The molecule has 2 amide bonds. The van der Waals surface area contributed by atoms with E-state index in [0.29, 0.717) is 37.6 Å². The molecule has 196 valence electrons. The lowest BCUT2D eigenvalue weighted by molar-refractivity contribution is -0.122. The lowest BCUT2D eigenvalue weighted by Gasteiger charge is -2.27. The first-order valence-corrected chi connectivity index (χ1v) is 12.3. The number of carbonyl (C=O) groups excluding carboxylic acids is 2. The van der Waals surface area contributed by atoms with Crippen LogP contribution in [0.15, 0.2) is 48.5 Å². The maximum Gasteiger partial charge on any atom is 0.276 e. The molecule has 37 heavy (non-hydrogen) atoms. The van der Waals surface area contributed by atoms with Gasteiger partial charge in [0, 0.05) is 39.0 Å². The Kier molecular flexibility index (Phi) is 8.52. The van der Waals surface area contributed by atoms with E-state index in [1.807, 2.05) is 62.5 Å². The number of hydrogen-bond acceptors (Lipinski definition) is 7. The van der Waals surface area contributed by atoms with Gasteiger partial charge >= 0.3 is 0 Å². The molecular weight excluding hydrogens is 472 g/mol. The number of fused-ring (bicyclic) bond motifs is 1. The van der Waals surface area contributed by atoms with Crippen molar-refractivity contribution in [2.24, 2.45) is 0 Å². The quantitative estimate of drug-likeness (QED) is 0.525. The molecule has 1 aromatic heterocycles. The Labute approximate surface area is 217 Å². The van der Waals surface area contributed by atoms with Gasteiger partial charge in [-0.15, -0.1) is 5.10 Å². The highest BCUT2D eigenvalue weighted by Crippen LogP contribution is 2.25. The van der Waals surface area contributed by atoms with Crippen molar-refractivity contribution in [1.29, 1.82) is 0 Å². The van der Waals surface area contributed by atoms with E-state index in [9.17, 15) is 9.59 Å². The van der Waals surface area contributed by atoms with E-state index in [-0.39, 0.29) is 18.4 Å². The summed E-state index contributed by atoms with van der Waals surface area (Å²) in [5.41, 5.74) is 3.44. The van der Waals surface area contributed by atoms with Crippen LogP contribution in [0.2, 0.25) is 0 Å². The Balaban J connectivity index is 1.66. The normalized spacial score (nSPS) is 15.1. The predicted molar refractivity (Wildman–Crippen MR) is 140 cm³/mol. The molecule has 0 atom stereocenters. The fraction of sp³-hybridized carbons (Fsp3) is 0.407. The first-order valence-electron chi connectivity index (χ1n) is 12.3. The van der Waals surface area contributed by atoms with E-state index >= 15 is 0 Å². The summed E-state index contributed by atoms with van der Waals surface area (Å²) in [7, 11) is 5.16. The highest BCUT2D eigenvalue weighted by atomic mass is 16.5. The van der Waals surface area contributed by atoms with E-state index in [4.69, 9.17) is 9.47 Å². The van der Waals surface area contributed by atoms with Gasteiger partial charge in [-0.2, -0.15) is 0 Å². The van der Waals surface area contributed by atoms with Gasteiger partial charge in [-0.05, 0) is 62.8 Å². The lowest BCUT2D eigenvalue weighted by atomic mass is 10.1. The molecule has 0 spiro atoms. The molecule has 2 heterocycles. The zero-order valence-electron chi connectivity index (χ0n) is 21.9. The van der Waals surface area contributed by atoms with Crippen LogP contribution in [-0.4, -0.2) is 90.7 Å². The second-order valence-electron chi connectivity index (χ2n) is 9.12. The van der Waals surface area contributed by atoms with E-state index in [1.54, 1.807) is 21.6 Å². The van der Waals surface area contributed by atoms with Crippen LogP contribution in [0.25, 0.3) is 5.69 Å². The zero-order chi connectivity index (χ0) is 26.4. The minimum Gasteiger partial charge on any atom is -0.497 e. The van der Waals surface area contributed by atoms with Crippen LogP contribution >= 0.6 is 0 Å². The topological polar surface area (TPSA) is 93.0 Å². The summed E-state index contributed by atoms with van der Waals surface area (Å²) < 4.78 is 12.0. The van der Waals surface area contributed by atoms with Crippen LogP contribution in [0.4, 0.5) is 5.69 Å². The van der Waals surface area contributed by atoms with E-state index in [2.05, 4.69) is 15.2 Å². The smallest absolute Gasteiger partial charge is 0.276 e. The van der Waals surface area contributed by atoms with Crippen LogP contribution in [0.1, 0.15) is 28.2 Å². The van der Waals surface area contributed by atoms with Crippen LogP contribution in [-0.2, 0) is 16.1 Å². The average Bonchev–Trinajstić information content (AvgIpc) is 3.28. The molecule has 0 saturated carbocycles. The van der Waals surface area contributed by atoms with Gasteiger partial charge in [0.25, 0.3) is 11.8 Å². The van der Waals surface area contributed by atoms with Gasteiger partial charge in [0.1, 0.15) is 12.4 Å². The van der Waals surface area contributed by atoms with Crippen LogP contribution in [0.5, 0.6) is 5.75 Å². The van der Waals surface area contributed by atoms with E-state index in [1.165, 1.54) is 7.11 Å². The number of anilines is 1. The highest BCUT2D eigenvalue weighted by Gasteiger charge is 2.26. The molecule has 1 aliphatic rings. The molecule has 0 fully saturated rings. The van der Waals surface area contributed by atoms with Gasteiger partial charge in [0.05, 0.1) is 18.5 Å². The number of para-hydroxylation sites is 1. The minimum absolute atomic E-state index is 0.000474. The van der Waals surface area contributed by atoms with Crippen molar-refractivity contribution >= 4 is 17.5 Å². The summed E-state index contributed by atoms with van der Waals surface area (Å²) in [5.74, 6) is 0.435. The fourth-order valence-corrected chi connectivity index (χ4v) is 4.49. The van der Waals surface area contributed by atoms with Crippen molar-refractivity contribution in [3.63, 3.8) is 0 Å². The lowest BCUT2D eigenvalue weighted by Crippen LogP contribution is -2.38. The third-order valence-electron chi connectivity index (χ3n) is 6.59. The standard InChI is InChI=1S/C27H34N6O4/c1-20-26(28-29-33(20)22-10-12-23(37-4)13-11-22)27(35)31-17-16-30(2)14-7-15-32(25(34)19-36-3)24-9-6-5-8-21(24)18-31/h5-6,8-13H,7,14-19H2,1-4H3. The van der Waals surface area contributed by atoms with Gasteiger partial charge in [0.2, 0.25) is 0 Å². The molecule has 0 N–H and O–H groups in total. The van der Waals surface area contributed by atoms with Gasteiger partial charge in [-0.25, -0.2) is 4.68 Å². The van der Waals surface area contributed by atoms with E-state index < -0.39 is 0 Å². The van der Waals surface area contributed by atoms with Crippen molar-refractivity contribution < 1.29 is 19.1 Å². The maximum absolute atomic E-state index is 13.8. The summed E-state index contributed by atoms with van der Waals surface area (Å²) in [6, 6.07) is 15.2. The SMILES string of the molecule is COCC(=O)N1CCCN(C)CCN(C(=O)c2nnn(-c3ccc(OC)cc3)c2C)Cc2ccccc21. The second kappa shape index (κ2) is 12.0. The number of nitrogens with zero attached hydrogens (tertiary/aromatic N) is 6. The number of benzene rings is 2. The molecular formula is C27H34N6O4. The van der Waals surface area contributed by atoms with Gasteiger partial charge in [0.15, 0.2) is 5.69 Å². The first-order chi connectivity index (χ1) is 17.9. The van der Waals surface area contributed by atoms with Gasteiger partial charge in [-0.3, -0.25) is 9.59 Å². The monoisotopic (exact) mass is 506 g/mol. The Hall–Kier alpha value is -3.76. The summed E-state index contributed by atoms with van der Waals surface area (Å²) >= 11 is 0. The molecule has 0 aliphatic carbocycles. The minimum atomic E-state index is -0.200. The average molecular weight is 507 g/mol. The molecule has 0 unspecified atom stereocenters. The fourth-order valence-electron chi connectivity index (χ4n) is 4.49.